The smallest absolute Gasteiger partial charge is 0.227 e. The molecular weight excluding hydrogens is 291 g/mol. The van der Waals surface area contributed by atoms with Gasteiger partial charge in [-0.1, -0.05) is 15.9 Å². The zero-order chi connectivity index (χ0) is 12.6. The molecule has 1 atom stereocenters. The monoisotopic (exact) mass is 302 g/mol. The third-order valence-corrected chi connectivity index (χ3v) is 3.33. The van der Waals surface area contributed by atoms with Crippen molar-refractivity contribution in [3.8, 4) is 0 Å². The van der Waals surface area contributed by atoms with E-state index in [1.54, 1.807) is 6.07 Å². The molecule has 1 aliphatic rings. The van der Waals surface area contributed by atoms with E-state index in [2.05, 4.69) is 15.9 Å². The van der Waals surface area contributed by atoms with Crippen LogP contribution < -0.4 is 10.6 Å². The Bertz CT molecular complexity index is 467. The van der Waals surface area contributed by atoms with Crippen LogP contribution in [0.3, 0.4) is 0 Å². The number of hydrogen-bond acceptors (Lipinski definition) is 3. The van der Waals surface area contributed by atoms with Gasteiger partial charge in [0.2, 0.25) is 5.91 Å². The summed E-state index contributed by atoms with van der Waals surface area (Å²) < 4.78 is 14.0. The van der Waals surface area contributed by atoms with Crippen LogP contribution in [-0.4, -0.2) is 23.7 Å². The number of halogens is 2. The number of benzene rings is 1. The maximum Gasteiger partial charge on any atom is 0.227 e. The van der Waals surface area contributed by atoms with Gasteiger partial charge in [-0.25, -0.2) is 4.39 Å². The normalized spacial score (nSPS) is 20.1. The van der Waals surface area contributed by atoms with Gasteiger partial charge in [-0.05, 0) is 18.6 Å². The van der Waals surface area contributed by atoms with Crippen molar-refractivity contribution in [2.75, 3.05) is 17.2 Å². The Labute approximate surface area is 106 Å². The number of nitrogens with zero attached hydrogens (tertiary/aromatic N) is 1. The molecule has 1 aliphatic heterocycles. The molecule has 6 heteroatoms. The summed E-state index contributed by atoms with van der Waals surface area (Å²) in [4.78, 5) is 13.1. The van der Waals surface area contributed by atoms with Gasteiger partial charge in [0, 0.05) is 10.9 Å². The molecule has 1 aromatic rings. The Kier molecular flexibility index (Phi) is 3.35. The molecular formula is C11H12BrFN2O2. The molecule has 0 saturated carbocycles. The topological polar surface area (TPSA) is 66.6 Å². The molecule has 1 fully saturated rings. The molecule has 0 radical (unpaired) electrons. The van der Waals surface area contributed by atoms with Gasteiger partial charge in [0.05, 0.1) is 24.0 Å². The van der Waals surface area contributed by atoms with Crippen molar-refractivity contribution in [1.29, 1.82) is 0 Å². The van der Waals surface area contributed by atoms with E-state index in [0.29, 0.717) is 23.0 Å². The zero-order valence-electron chi connectivity index (χ0n) is 8.99. The fourth-order valence-corrected chi connectivity index (χ4v) is 2.44. The highest BCUT2D eigenvalue weighted by atomic mass is 79.9. The fourth-order valence-electron chi connectivity index (χ4n) is 2.02. The molecule has 0 aromatic heterocycles. The second kappa shape index (κ2) is 4.62. The lowest BCUT2D eigenvalue weighted by Gasteiger charge is -2.25. The first kappa shape index (κ1) is 12.3. The molecule has 17 heavy (non-hydrogen) atoms. The van der Waals surface area contributed by atoms with Crippen LogP contribution in [0, 0.1) is 5.82 Å². The summed E-state index contributed by atoms with van der Waals surface area (Å²) in [6.45, 7) is -0.153. The fraction of sp³-hybridized carbons (Fsp3) is 0.364. The summed E-state index contributed by atoms with van der Waals surface area (Å²) in [5.74, 6) is -0.723. The first-order valence-electron chi connectivity index (χ1n) is 5.22. The minimum Gasteiger partial charge on any atom is -0.395 e. The number of carbonyl (C=O) groups excluding carboxylic acids is 1. The van der Waals surface area contributed by atoms with E-state index in [1.807, 2.05) is 0 Å². The summed E-state index contributed by atoms with van der Waals surface area (Å²) in [7, 11) is 0. The molecule has 0 bridgehead atoms. The van der Waals surface area contributed by atoms with Crippen LogP contribution in [-0.2, 0) is 4.79 Å². The highest BCUT2D eigenvalue weighted by Gasteiger charge is 2.33. The first-order chi connectivity index (χ1) is 8.04. The van der Waals surface area contributed by atoms with Gasteiger partial charge in [0.15, 0.2) is 0 Å². The molecule has 1 heterocycles. The van der Waals surface area contributed by atoms with Crippen LogP contribution in [0.4, 0.5) is 15.8 Å². The summed E-state index contributed by atoms with van der Waals surface area (Å²) in [5, 5.41) is 9.20. The summed E-state index contributed by atoms with van der Waals surface area (Å²) in [5.41, 5.74) is 5.89. The van der Waals surface area contributed by atoms with Gasteiger partial charge < -0.3 is 15.7 Å². The van der Waals surface area contributed by atoms with Crippen molar-refractivity contribution >= 4 is 33.2 Å². The molecule has 1 amide bonds. The third-order valence-electron chi connectivity index (χ3n) is 2.87. The second-order valence-corrected chi connectivity index (χ2v) is 4.87. The van der Waals surface area contributed by atoms with Crippen molar-refractivity contribution in [2.45, 2.75) is 18.9 Å². The minimum atomic E-state index is -0.578. The highest BCUT2D eigenvalue weighted by molar-refractivity contribution is 9.10. The third kappa shape index (κ3) is 2.14. The lowest BCUT2D eigenvalue weighted by molar-refractivity contribution is -0.117. The van der Waals surface area contributed by atoms with Gasteiger partial charge in [-0.15, -0.1) is 0 Å². The van der Waals surface area contributed by atoms with Crippen LogP contribution in [0.15, 0.2) is 16.6 Å². The lowest BCUT2D eigenvalue weighted by Crippen LogP contribution is -2.36. The van der Waals surface area contributed by atoms with Crippen LogP contribution in [0.25, 0.3) is 0 Å². The van der Waals surface area contributed by atoms with Crippen LogP contribution in [0.1, 0.15) is 12.8 Å². The van der Waals surface area contributed by atoms with E-state index in [4.69, 9.17) is 5.73 Å². The Morgan fingerprint density at radius 3 is 2.94 bits per heavy atom. The molecule has 92 valence electrons. The molecule has 0 spiro atoms. The average molecular weight is 303 g/mol. The SMILES string of the molecule is Nc1c(F)cc(Br)cc1N1C(=O)CC[C@H]1CO. The Morgan fingerprint density at radius 1 is 1.59 bits per heavy atom. The second-order valence-electron chi connectivity index (χ2n) is 3.96. The predicted octanol–water partition coefficient (Wildman–Crippen LogP) is 1.66. The Balaban J connectivity index is 2.48. The maximum absolute atomic E-state index is 13.5. The van der Waals surface area contributed by atoms with Gasteiger partial charge in [-0.3, -0.25) is 4.79 Å². The minimum absolute atomic E-state index is 0.0677. The number of hydrogen-bond donors (Lipinski definition) is 2. The van der Waals surface area contributed by atoms with E-state index < -0.39 is 5.82 Å². The Hall–Kier alpha value is -1.14. The number of rotatable bonds is 2. The number of aliphatic hydroxyl groups excluding tert-OH is 1. The molecule has 2 rings (SSSR count). The van der Waals surface area contributed by atoms with Crippen molar-refractivity contribution in [3.05, 3.63) is 22.4 Å². The molecule has 1 aromatic carbocycles. The van der Waals surface area contributed by atoms with Gasteiger partial charge in [-0.2, -0.15) is 0 Å². The molecule has 0 unspecified atom stereocenters. The molecule has 0 aliphatic carbocycles. The summed E-state index contributed by atoms with van der Waals surface area (Å²) >= 11 is 3.16. The quantitative estimate of drug-likeness (QED) is 0.817. The molecule has 1 saturated heterocycles. The first-order valence-corrected chi connectivity index (χ1v) is 6.01. The number of carbonyl (C=O) groups is 1. The van der Waals surface area contributed by atoms with Crippen LogP contribution in [0.2, 0.25) is 0 Å². The van der Waals surface area contributed by atoms with Crippen molar-refractivity contribution < 1.29 is 14.3 Å². The molecule has 4 nitrogen and oxygen atoms in total. The predicted molar refractivity (Wildman–Crippen MR) is 66.1 cm³/mol. The average Bonchev–Trinajstić information content (AvgIpc) is 2.65. The van der Waals surface area contributed by atoms with Gasteiger partial charge >= 0.3 is 0 Å². The van der Waals surface area contributed by atoms with E-state index >= 15 is 0 Å². The van der Waals surface area contributed by atoms with E-state index in [0.717, 1.165) is 0 Å². The number of amides is 1. The van der Waals surface area contributed by atoms with Crippen LogP contribution in [0.5, 0.6) is 0 Å². The summed E-state index contributed by atoms with van der Waals surface area (Å²) in [6, 6.07) is 2.51. The standard InChI is InChI=1S/C11H12BrFN2O2/c12-6-3-8(13)11(14)9(4-6)15-7(5-16)1-2-10(15)17/h3-4,7,16H,1-2,5,14H2/t7-/m0/s1. The van der Waals surface area contributed by atoms with E-state index in [9.17, 15) is 14.3 Å². The van der Waals surface area contributed by atoms with Crippen molar-refractivity contribution in [2.24, 2.45) is 0 Å². The van der Waals surface area contributed by atoms with Gasteiger partial charge in [0.1, 0.15) is 5.82 Å². The molecule has 3 N–H and O–H groups in total. The maximum atomic E-state index is 13.5. The van der Waals surface area contributed by atoms with Crippen LogP contribution >= 0.6 is 15.9 Å². The number of nitrogens with two attached hydrogens (primary N) is 1. The number of aliphatic hydroxyl groups is 1. The van der Waals surface area contributed by atoms with Crippen molar-refractivity contribution in [3.63, 3.8) is 0 Å². The zero-order valence-corrected chi connectivity index (χ0v) is 10.6. The highest BCUT2D eigenvalue weighted by Crippen LogP contribution is 2.35. The Morgan fingerprint density at radius 2 is 2.29 bits per heavy atom. The largest absolute Gasteiger partial charge is 0.395 e. The van der Waals surface area contributed by atoms with E-state index in [1.165, 1.54) is 11.0 Å². The number of nitrogen functional groups attached to an aromatic ring is 1. The number of anilines is 2. The van der Waals surface area contributed by atoms with E-state index in [-0.39, 0.29) is 24.2 Å². The summed E-state index contributed by atoms with van der Waals surface area (Å²) in [6.07, 6.45) is 0.904. The lowest BCUT2D eigenvalue weighted by atomic mass is 10.2. The van der Waals surface area contributed by atoms with Crippen molar-refractivity contribution in [1.82, 2.24) is 0 Å². The van der Waals surface area contributed by atoms with Gasteiger partial charge in [0.25, 0.3) is 0 Å².